The monoisotopic (exact) mass is 532 g/mol. The number of amides is 1. The average Bonchev–Trinajstić information content (AvgIpc) is 2.90. The van der Waals surface area contributed by atoms with Crippen molar-refractivity contribution in [3.63, 3.8) is 0 Å². The number of methoxy groups -OCH3 is 1. The fourth-order valence-electron chi connectivity index (χ4n) is 3.84. The molecule has 2 N–H and O–H groups in total. The number of halogens is 1. The summed E-state index contributed by atoms with van der Waals surface area (Å²) in [6.45, 7) is 0.784. The number of fused-ring (bicyclic) bond motifs is 1. The van der Waals surface area contributed by atoms with Gasteiger partial charge in [-0.2, -0.15) is 4.31 Å². The zero-order valence-electron chi connectivity index (χ0n) is 19.8. The Morgan fingerprint density at radius 3 is 2.51 bits per heavy atom. The molecule has 3 aromatic carbocycles. The van der Waals surface area contributed by atoms with Gasteiger partial charge in [-0.15, -0.1) is 0 Å². The van der Waals surface area contributed by atoms with Crippen LogP contribution in [-0.4, -0.2) is 50.9 Å². The number of rotatable bonds is 9. The largest absolute Gasteiger partial charge is 0.491 e. The minimum atomic E-state index is -4.31. The minimum absolute atomic E-state index is 0.0264. The maximum absolute atomic E-state index is 14.9. The summed E-state index contributed by atoms with van der Waals surface area (Å²) in [5, 5.41) is 8.90. The van der Waals surface area contributed by atoms with Gasteiger partial charge in [0.15, 0.2) is 17.8 Å². The first-order chi connectivity index (χ1) is 17.8. The van der Waals surface area contributed by atoms with Gasteiger partial charge in [0.1, 0.15) is 18.1 Å². The Balaban J connectivity index is 1.55. The van der Waals surface area contributed by atoms with E-state index in [1.165, 1.54) is 17.6 Å². The highest BCUT2D eigenvalue weighted by atomic mass is 32.2. The Kier molecular flexibility index (Phi) is 8.24. The first kappa shape index (κ1) is 26.4. The van der Waals surface area contributed by atoms with Gasteiger partial charge in [0.05, 0.1) is 11.5 Å². The van der Waals surface area contributed by atoms with E-state index in [4.69, 9.17) is 24.2 Å². The van der Waals surface area contributed by atoms with Gasteiger partial charge < -0.3 is 18.9 Å². The summed E-state index contributed by atoms with van der Waals surface area (Å²) in [5.74, 6) is -0.168. The summed E-state index contributed by atoms with van der Waals surface area (Å²) in [4.78, 5) is 11.4. The van der Waals surface area contributed by atoms with Crippen LogP contribution in [0.3, 0.4) is 0 Å². The molecule has 196 valence electrons. The van der Waals surface area contributed by atoms with E-state index in [2.05, 4.69) is 0 Å². The van der Waals surface area contributed by atoms with Gasteiger partial charge in [-0.1, -0.05) is 24.3 Å². The maximum atomic E-state index is 14.9. The summed E-state index contributed by atoms with van der Waals surface area (Å²) in [6, 6.07) is 16.6. The van der Waals surface area contributed by atoms with E-state index >= 15 is 0 Å². The van der Waals surface area contributed by atoms with Crippen LogP contribution in [0.4, 0.5) is 9.18 Å². The molecule has 1 unspecified atom stereocenters. The SMILES string of the molecule is COCCOc1ccc(Oc2ccc(S(=O)(=O)N3CCc4ccccc4C3OC(=O)NO)cc2F)cc1. The highest BCUT2D eigenvalue weighted by Gasteiger charge is 2.39. The van der Waals surface area contributed by atoms with Crippen LogP contribution in [0.2, 0.25) is 0 Å². The Morgan fingerprint density at radius 2 is 1.81 bits per heavy atom. The van der Waals surface area contributed by atoms with Crippen molar-refractivity contribution in [3.05, 3.63) is 83.7 Å². The van der Waals surface area contributed by atoms with Crippen molar-refractivity contribution in [3.8, 4) is 17.2 Å². The van der Waals surface area contributed by atoms with Crippen molar-refractivity contribution in [2.75, 3.05) is 26.9 Å². The molecule has 0 spiro atoms. The van der Waals surface area contributed by atoms with Crippen LogP contribution in [0.15, 0.2) is 71.6 Å². The van der Waals surface area contributed by atoms with E-state index in [9.17, 15) is 17.6 Å². The van der Waals surface area contributed by atoms with E-state index in [0.29, 0.717) is 36.7 Å². The van der Waals surface area contributed by atoms with Crippen molar-refractivity contribution in [2.24, 2.45) is 0 Å². The van der Waals surface area contributed by atoms with Gasteiger partial charge in [0, 0.05) is 19.2 Å². The number of hydrogen-bond donors (Lipinski definition) is 2. The molecule has 4 rings (SSSR count). The fourth-order valence-corrected chi connectivity index (χ4v) is 5.34. The molecule has 12 heteroatoms. The summed E-state index contributed by atoms with van der Waals surface area (Å²) in [6.07, 6.45) is -2.23. The van der Waals surface area contributed by atoms with E-state index in [1.807, 2.05) is 0 Å². The summed E-state index contributed by atoms with van der Waals surface area (Å²) in [7, 11) is -2.74. The molecule has 1 amide bonds. The second-order valence-corrected chi connectivity index (χ2v) is 9.83. The van der Waals surface area contributed by atoms with Crippen molar-refractivity contribution in [1.29, 1.82) is 0 Å². The molecule has 0 saturated heterocycles. The third-order valence-electron chi connectivity index (χ3n) is 5.61. The van der Waals surface area contributed by atoms with Crippen LogP contribution in [0, 0.1) is 5.82 Å². The maximum Gasteiger partial charge on any atom is 0.432 e. The van der Waals surface area contributed by atoms with Crippen molar-refractivity contribution < 1.29 is 41.8 Å². The van der Waals surface area contributed by atoms with Gasteiger partial charge in [-0.3, -0.25) is 5.21 Å². The van der Waals surface area contributed by atoms with E-state index in [-0.39, 0.29) is 17.2 Å². The highest BCUT2D eigenvalue weighted by Crippen LogP contribution is 2.36. The number of benzene rings is 3. The summed E-state index contributed by atoms with van der Waals surface area (Å²) < 4.78 is 64.0. The smallest absolute Gasteiger partial charge is 0.432 e. The van der Waals surface area contributed by atoms with Crippen molar-refractivity contribution in [2.45, 2.75) is 17.5 Å². The summed E-state index contributed by atoms with van der Waals surface area (Å²) >= 11 is 0. The third kappa shape index (κ3) is 6.00. The van der Waals surface area contributed by atoms with Gasteiger partial charge >= 0.3 is 6.09 Å². The van der Waals surface area contributed by atoms with Gasteiger partial charge in [-0.05, 0) is 54.4 Å². The number of ether oxygens (including phenoxy) is 4. The molecular weight excluding hydrogens is 507 g/mol. The molecule has 1 atom stereocenters. The zero-order chi connectivity index (χ0) is 26.4. The Hall–Kier alpha value is -3.71. The van der Waals surface area contributed by atoms with Crippen LogP contribution < -0.4 is 15.0 Å². The third-order valence-corrected chi connectivity index (χ3v) is 7.45. The Bertz CT molecular complexity index is 1350. The number of nitrogens with zero attached hydrogens (tertiary/aromatic N) is 1. The molecule has 0 radical (unpaired) electrons. The molecule has 0 fully saturated rings. The normalized spacial score (nSPS) is 15.5. The lowest BCUT2D eigenvalue weighted by Gasteiger charge is -2.35. The van der Waals surface area contributed by atoms with E-state index in [1.54, 1.807) is 55.6 Å². The lowest BCUT2D eigenvalue weighted by Crippen LogP contribution is -2.43. The van der Waals surface area contributed by atoms with Crippen LogP contribution in [0.25, 0.3) is 0 Å². The number of hydroxylamine groups is 1. The van der Waals surface area contributed by atoms with Gasteiger partial charge in [0.2, 0.25) is 10.0 Å². The van der Waals surface area contributed by atoms with Crippen LogP contribution in [0.1, 0.15) is 17.4 Å². The minimum Gasteiger partial charge on any atom is -0.491 e. The molecule has 0 bridgehead atoms. The number of carbonyl (C=O) groups excluding carboxylic acids is 1. The lowest BCUT2D eigenvalue weighted by atomic mass is 10.00. The molecule has 10 nitrogen and oxygen atoms in total. The van der Waals surface area contributed by atoms with Crippen molar-refractivity contribution in [1.82, 2.24) is 9.79 Å². The van der Waals surface area contributed by atoms with Gasteiger partial charge in [-0.25, -0.2) is 23.1 Å². The molecule has 0 saturated carbocycles. The average molecular weight is 533 g/mol. The van der Waals surface area contributed by atoms with Crippen LogP contribution in [0.5, 0.6) is 17.2 Å². The molecule has 3 aromatic rings. The van der Waals surface area contributed by atoms with Crippen LogP contribution >= 0.6 is 0 Å². The second-order valence-electron chi connectivity index (χ2n) is 7.94. The Morgan fingerprint density at radius 1 is 1.08 bits per heavy atom. The quantitative estimate of drug-likeness (QED) is 0.241. The Labute approximate surface area is 213 Å². The number of nitrogens with one attached hydrogen (secondary N) is 1. The van der Waals surface area contributed by atoms with E-state index < -0.39 is 28.2 Å². The molecule has 1 aliphatic rings. The zero-order valence-corrected chi connectivity index (χ0v) is 20.6. The second kappa shape index (κ2) is 11.6. The molecule has 1 aliphatic heterocycles. The number of hydrogen-bond acceptors (Lipinski definition) is 8. The van der Waals surface area contributed by atoms with Gasteiger partial charge in [0.25, 0.3) is 0 Å². The highest BCUT2D eigenvalue weighted by molar-refractivity contribution is 7.89. The molecule has 37 heavy (non-hydrogen) atoms. The molecular formula is C25H25FN2O8S. The van der Waals surface area contributed by atoms with Crippen molar-refractivity contribution >= 4 is 16.1 Å². The predicted molar refractivity (Wildman–Crippen MR) is 128 cm³/mol. The molecule has 0 aromatic heterocycles. The predicted octanol–water partition coefficient (Wildman–Crippen LogP) is 4.00. The first-order valence-electron chi connectivity index (χ1n) is 11.2. The van der Waals surface area contributed by atoms with Crippen LogP contribution in [-0.2, 0) is 25.9 Å². The molecule has 1 heterocycles. The topological polar surface area (TPSA) is 124 Å². The first-order valence-corrected chi connectivity index (χ1v) is 12.7. The number of carbonyl (C=O) groups is 1. The fraction of sp³-hybridized carbons (Fsp3) is 0.240. The summed E-state index contributed by atoms with van der Waals surface area (Å²) in [5.41, 5.74) is 2.57. The standard InChI is InChI=1S/C25H25FN2O8S/c1-33-14-15-34-18-6-8-19(9-7-18)35-23-11-10-20(16-22(23)26)37(31,32)28-13-12-17-4-2-3-5-21(17)24(28)36-25(29)27-30/h2-11,16,24,30H,12-15H2,1H3,(H,27,29). The lowest BCUT2D eigenvalue weighted by molar-refractivity contribution is 0.00235. The molecule has 0 aliphatic carbocycles. The number of sulfonamides is 1. The van der Waals surface area contributed by atoms with E-state index in [0.717, 1.165) is 15.9 Å².